The second-order valence-electron chi connectivity index (χ2n) is 3.31. The molecule has 0 bridgehead atoms. The second kappa shape index (κ2) is 4.21. The summed E-state index contributed by atoms with van der Waals surface area (Å²) in [5.41, 5.74) is 0.881. The average Bonchev–Trinajstić information content (AvgIpc) is 2.04. The predicted octanol–water partition coefficient (Wildman–Crippen LogP) is 1.84. The molecule has 0 radical (unpaired) electrons. The molecule has 3 nitrogen and oxygen atoms in total. The van der Waals surface area contributed by atoms with Gasteiger partial charge in [0, 0.05) is 19.5 Å². The minimum atomic E-state index is -0.180. The monoisotopic (exact) mass is 181 g/mol. The Bertz CT molecular complexity index is 242. The van der Waals surface area contributed by atoms with Gasteiger partial charge in [0.2, 0.25) is 11.8 Å². The Morgan fingerprint density at radius 2 is 1.85 bits per heavy atom. The lowest BCUT2D eigenvalue weighted by Gasteiger charge is -2.23. The lowest BCUT2D eigenvalue weighted by molar-refractivity contribution is -0.139. The lowest BCUT2D eigenvalue weighted by atomic mass is 10.0. The normalized spacial score (nSPS) is 16.3. The maximum Gasteiger partial charge on any atom is 0.230 e. The van der Waals surface area contributed by atoms with E-state index in [4.69, 9.17) is 0 Å². The number of nitrogens with zero attached hydrogens (tertiary/aromatic N) is 1. The number of hydrogen-bond acceptors (Lipinski definition) is 2. The summed E-state index contributed by atoms with van der Waals surface area (Å²) in [6.07, 6.45) is 6.05. The first kappa shape index (κ1) is 9.96. The molecule has 0 fully saturated rings. The van der Waals surface area contributed by atoms with Crippen LogP contribution in [0, 0.1) is 0 Å². The number of carbonyl (C=O) groups is 2. The summed E-state index contributed by atoms with van der Waals surface area (Å²) in [6.45, 7) is 2.85. The third-order valence-electron chi connectivity index (χ3n) is 2.18. The predicted molar refractivity (Wildman–Crippen MR) is 49.8 cm³/mol. The molecule has 0 N–H and O–H groups in total. The van der Waals surface area contributed by atoms with Crippen LogP contribution in [0.25, 0.3) is 0 Å². The molecule has 0 spiro atoms. The molecular formula is C10H15NO2. The molecule has 0 aromatic rings. The van der Waals surface area contributed by atoms with Gasteiger partial charge in [-0.2, -0.15) is 0 Å². The van der Waals surface area contributed by atoms with Crippen LogP contribution in [0.5, 0.6) is 0 Å². The molecule has 72 valence electrons. The van der Waals surface area contributed by atoms with E-state index in [2.05, 4.69) is 0 Å². The van der Waals surface area contributed by atoms with Crippen LogP contribution in [-0.2, 0) is 9.59 Å². The SMILES string of the molecule is CC(=O)N(C(C)=O)C1=CCCCC1. The number of amides is 2. The first-order valence-electron chi connectivity index (χ1n) is 4.63. The van der Waals surface area contributed by atoms with Crippen LogP contribution in [0.1, 0.15) is 39.5 Å². The Kier molecular flexibility index (Phi) is 3.23. The summed E-state index contributed by atoms with van der Waals surface area (Å²) in [6, 6.07) is 0. The molecule has 2 amide bonds. The zero-order chi connectivity index (χ0) is 9.84. The highest BCUT2D eigenvalue weighted by Crippen LogP contribution is 2.20. The van der Waals surface area contributed by atoms with Gasteiger partial charge in [-0.1, -0.05) is 6.08 Å². The van der Waals surface area contributed by atoms with E-state index >= 15 is 0 Å². The lowest BCUT2D eigenvalue weighted by Crippen LogP contribution is -2.33. The molecule has 13 heavy (non-hydrogen) atoms. The quantitative estimate of drug-likeness (QED) is 0.619. The molecule has 0 unspecified atom stereocenters. The van der Waals surface area contributed by atoms with Gasteiger partial charge in [0.1, 0.15) is 0 Å². The van der Waals surface area contributed by atoms with Crippen LogP contribution in [0.15, 0.2) is 11.8 Å². The van der Waals surface area contributed by atoms with Gasteiger partial charge in [-0.3, -0.25) is 14.5 Å². The van der Waals surface area contributed by atoms with Crippen LogP contribution in [-0.4, -0.2) is 16.7 Å². The van der Waals surface area contributed by atoms with Crippen LogP contribution < -0.4 is 0 Å². The minimum Gasteiger partial charge on any atom is -0.274 e. The van der Waals surface area contributed by atoms with Crippen LogP contribution >= 0.6 is 0 Å². The standard InChI is InChI=1S/C10H15NO2/c1-8(12)11(9(2)13)10-6-4-3-5-7-10/h6H,3-5,7H2,1-2H3. The van der Waals surface area contributed by atoms with Crippen molar-refractivity contribution in [3.63, 3.8) is 0 Å². The molecule has 1 aliphatic rings. The molecule has 0 aliphatic heterocycles. The van der Waals surface area contributed by atoms with Gasteiger partial charge in [-0.15, -0.1) is 0 Å². The Balaban J connectivity index is 2.80. The number of hydrogen-bond donors (Lipinski definition) is 0. The molecular weight excluding hydrogens is 166 g/mol. The van der Waals surface area contributed by atoms with Gasteiger partial charge in [0.15, 0.2) is 0 Å². The maximum absolute atomic E-state index is 11.1. The summed E-state index contributed by atoms with van der Waals surface area (Å²) in [5.74, 6) is -0.360. The summed E-state index contributed by atoms with van der Waals surface area (Å²) in [5, 5.41) is 0. The number of carbonyl (C=O) groups excluding carboxylic acids is 2. The van der Waals surface area contributed by atoms with E-state index < -0.39 is 0 Å². The second-order valence-corrected chi connectivity index (χ2v) is 3.31. The van der Waals surface area contributed by atoms with Gasteiger partial charge < -0.3 is 0 Å². The Morgan fingerprint density at radius 1 is 1.23 bits per heavy atom. The summed E-state index contributed by atoms with van der Waals surface area (Å²) in [4.78, 5) is 23.6. The van der Waals surface area contributed by atoms with E-state index in [0.29, 0.717) is 0 Å². The van der Waals surface area contributed by atoms with Crippen molar-refractivity contribution in [1.29, 1.82) is 0 Å². The fraction of sp³-hybridized carbons (Fsp3) is 0.600. The fourth-order valence-electron chi connectivity index (χ4n) is 1.65. The van der Waals surface area contributed by atoms with E-state index in [1.165, 1.54) is 18.7 Å². The average molecular weight is 181 g/mol. The summed E-state index contributed by atoms with van der Waals surface area (Å²) < 4.78 is 0. The minimum absolute atomic E-state index is 0.180. The van der Waals surface area contributed by atoms with Crippen LogP contribution in [0.3, 0.4) is 0 Å². The Labute approximate surface area is 78.4 Å². The number of imide groups is 1. The Morgan fingerprint density at radius 3 is 2.23 bits per heavy atom. The maximum atomic E-state index is 11.1. The van der Waals surface area contributed by atoms with Crippen molar-refractivity contribution in [2.24, 2.45) is 0 Å². The summed E-state index contributed by atoms with van der Waals surface area (Å²) >= 11 is 0. The van der Waals surface area contributed by atoms with E-state index in [1.807, 2.05) is 6.08 Å². The van der Waals surface area contributed by atoms with Crippen molar-refractivity contribution in [1.82, 2.24) is 4.90 Å². The first-order valence-corrected chi connectivity index (χ1v) is 4.63. The largest absolute Gasteiger partial charge is 0.274 e. The molecule has 0 saturated heterocycles. The molecule has 3 heteroatoms. The van der Waals surface area contributed by atoms with Crippen LogP contribution in [0.2, 0.25) is 0 Å². The van der Waals surface area contributed by atoms with Gasteiger partial charge in [-0.05, 0) is 25.7 Å². The third-order valence-corrected chi connectivity index (χ3v) is 2.18. The number of rotatable bonds is 1. The highest BCUT2D eigenvalue weighted by atomic mass is 16.2. The van der Waals surface area contributed by atoms with Crippen molar-refractivity contribution < 1.29 is 9.59 Å². The van der Waals surface area contributed by atoms with E-state index in [9.17, 15) is 9.59 Å². The molecule has 0 aromatic heterocycles. The van der Waals surface area contributed by atoms with Gasteiger partial charge in [0.05, 0.1) is 0 Å². The van der Waals surface area contributed by atoms with Crippen molar-refractivity contribution in [2.75, 3.05) is 0 Å². The Hall–Kier alpha value is -1.12. The molecule has 1 aliphatic carbocycles. The highest BCUT2D eigenvalue weighted by Gasteiger charge is 2.19. The molecule has 0 atom stereocenters. The summed E-state index contributed by atoms with van der Waals surface area (Å²) in [7, 11) is 0. The third kappa shape index (κ3) is 2.41. The fourth-order valence-corrected chi connectivity index (χ4v) is 1.65. The number of allylic oxidation sites excluding steroid dienone is 2. The van der Waals surface area contributed by atoms with Crippen molar-refractivity contribution in [3.8, 4) is 0 Å². The molecule has 1 rings (SSSR count). The van der Waals surface area contributed by atoms with Crippen LogP contribution in [0.4, 0.5) is 0 Å². The first-order chi connectivity index (χ1) is 6.13. The van der Waals surface area contributed by atoms with Crippen molar-refractivity contribution >= 4 is 11.8 Å². The van der Waals surface area contributed by atoms with E-state index in [-0.39, 0.29) is 11.8 Å². The van der Waals surface area contributed by atoms with E-state index in [0.717, 1.165) is 31.4 Å². The van der Waals surface area contributed by atoms with Crippen molar-refractivity contribution in [2.45, 2.75) is 39.5 Å². The molecule has 0 saturated carbocycles. The van der Waals surface area contributed by atoms with E-state index in [1.54, 1.807) is 0 Å². The zero-order valence-electron chi connectivity index (χ0n) is 8.17. The van der Waals surface area contributed by atoms with Gasteiger partial charge in [0.25, 0.3) is 0 Å². The topological polar surface area (TPSA) is 37.4 Å². The highest BCUT2D eigenvalue weighted by molar-refractivity contribution is 5.95. The van der Waals surface area contributed by atoms with Gasteiger partial charge in [-0.25, -0.2) is 0 Å². The molecule has 0 aromatic carbocycles. The molecule has 0 heterocycles. The van der Waals surface area contributed by atoms with Crippen molar-refractivity contribution in [3.05, 3.63) is 11.8 Å². The van der Waals surface area contributed by atoms with Gasteiger partial charge >= 0.3 is 0 Å². The zero-order valence-corrected chi connectivity index (χ0v) is 8.17. The smallest absolute Gasteiger partial charge is 0.230 e.